The predicted molar refractivity (Wildman–Crippen MR) is 75.7 cm³/mol. The highest BCUT2D eigenvalue weighted by Gasteiger charge is 2.42. The summed E-state index contributed by atoms with van der Waals surface area (Å²) in [5.74, 6) is 0.313. The zero-order valence-electron chi connectivity index (χ0n) is 12.4. The molecular weight excluding hydrogens is 272 g/mol. The van der Waals surface area contributed by atoms with E-state index in [4.69, 9.17) is 4.74 Å². The molecule has 1 spiro atoms. The van der Waals surface area contributed by atoms with Crippen LogP contribution in [-0.4, -0.2) is 39.0 Å². The van der Waals surface area contributed by atoms with E-state index in [1.54, 1.807) is 7.05 Å². The molecule has 0 bridgehead atoms. The van der Waals surface area contributed by atoms with Crippen LogP contribution in [-0.2, 0) is 23.1 Å². The van der Waals surface area contributed by atoms with Crippen molar-refractivity contribution in [3.05, 3.63) is 16.8 Å². The average Bonchev–Trinajstić information content (AvgIpc) is 2.76. The fourth-order valence-electron chi connectivity index (χ4n) is 3.20. The molecule has 2 fully saturated rings. The van der Waals surface area contributed by atoms with Gasteiger partial charge in [0.25, 0.3) is 0 Å². The molecular formula is C14H22N4O3. The van der Waals surface area contributed by atoms with Gasteiger partial charge in [0.1, 0.15) is 12.9 Å². The van der Waals surface area contributed by atoms with Gasteiger partial charge in [0, 0.05) is 20.2 Å². The molecule has 1 saturated carbocycles. The lowest BCUT2D eigenvalue weighted by molar-refractivity contribution is -0.144. The number of rotatable bonds is 4. The second kappa shape index (κ2) is 5.63. The lowest BCUT2D eigenvalue weighted by atomic mass is 9.72. The van der Waals surface area contributed by atoms with Gasteiger partial charge in [-0.15, -0.1) is 0 Å². The van der Waals surface area contributed by atoms with E-state index in [9.17, 15) is 9.59 Å². The molecule has 0 radical (unpaired) electrons. The third kappa shape index (κ3) is 3.02. The molecule has 3 rings (SSSR count). The quantitative estimate of drug-likeness (QED) is 0.851. The summed E-state index contributed by atoms with van der Waals surface area (Å²) in [5.41, 5.74) is -0.171. The van der Waals surface area contributed by atoms with Gasteiger partial charge >= 0.3 is 5.69 Å². The van der Waals surface area contributed by atoms with Crippen LogP contribution in [0.15, 0.2) is 11.1 Å². The molecule has 7 nitrogen and oxygen atoms in total. The number of carbonyl (C=O) groups is 1. The Morgan fingerprint density at radius 2 is 2.38 bits per heavy atom. The van der Waals surface area contributed by atoms with Gasteiger partial charge in [-0.3, -0.25) is 9.36 Å². The molecule has 0 aromatic carbocycles. The first kappa shape index (κ1) is 14.3. The summed E-state index contributed by atoms with van der Waals surface area (Å²) in [5, 5.41) is 6.80. The largest absolute Gasteiger partial charge is 0.375 e. The normalized spacial score (nSPS) is 23.8. The van der Waals surface area contributed by atoms with E-state index in [1.165, 1.54) is 22.0 Å². The monoisotopic (exact) mass is 294 g/mol. The molecule has 1 saturated heterocycles. The Balaban J connectivity index is 1.47. The minimum Gasteiger partial charge on any atom is -0.375 e. The number of ether oxygens (including phenoxy) is 1. The van der Waals surface area contributed by atoms with Crippen LogP contribution in [0.25, 0.3) is 0 Å². The molecule has 1 N–H and O–H groups in total. The predicted octanol–water partition coefficient (Wildman–Crippen LogP) is 0.0473. The van der Waals surface area contributed by atoms with Gasteiger partial charge in [-0.1, -0.05) is 0 Å². The Bertz CT molecular complexity index is 573. The Labute approximate surface area is 123 Å². The SMILES string of the molecule is Cn1cnn(CC(=O)NCC2CCOC3(CCC3)C2)c1=O. The van der Waals surface area contributed by atoms with Crippen LogP contribution in [0.1, 0.15) is 32.1 Å². The van der Waals surface area contributed by atoms with Crippen molar-refractivity contribution < 1.29 is 9.53 Å². The molecule has 116 valence electrons. The molecule has 2 heterocycles. The summed E-state index contributed by atoms with van der Waals surface area (Å²) >= 11 is 0. The van der Waals surface area contributed by atoms with Crippen molar-refractivity contribution in [1.29, 1.82) is 0 Å². The van der Waals surface area contributed by atoms with Gasteiger partial charge in [0.05, 0.1) is 5.60 Å². The van der Waals surface area contributed by atoms with E-state index in [0.717, 1.165) is 32.3 Å². The lowest BCUT2D eigenvalue weighted by Crippen LogP contribution is -2.48. The fraction of sp³-hybridized carbons (Fsp3) is 0.786. The molecule has 1 amide bonds. The second-order valence-corrected chi connectivity index (χ2v) is 6.23. The highest BCUT2D eigenvalue weighted by atomic mass is 16.5. The Kier molecular flexibility index (Phi) is 3.84. The van der Waals surface area contributed by atoms with E-state index in [2.05, 4.69) is 10.4 Å². The number of nitrogens with zero attached hydrogens (tertiary/aromatic N) is 3. The number of aryl methyl sites for hydroxylation is 1. The zero-order valence-corrected chi connectivity index (χ0v) is 12.4. The van der Waals surface area contributed by atoms with Crippen LogP contribution < -0.4 is 11.0 Å². The maximum absolute atomic E-state index is 11.9. The summed E-state index contributed by atoms with van der Waals surface area (Å²) in [6, 6.07) is 0. The third-order valence-corrected chi connectivity index (χ3v) is 4.63. The summed E-state index contributed by atoms with van der Waals surface area (Å²) in [4.78, 5) is 23.5. The molecule has 1 unspecified atom stereocenters. The van der Waals surface area contributed by atoms with E-state index in [-0.39, 0.29) is 23.7 Å². The molecule has 21 heavy (non-hydrogen) atoms. The van der Waals surface area contributed by atoms with Crippen LogP contribution in [0.2, 0.25) is 0 Å². The van der Waals surface area contributed by atoms with E-state index < -0.39 is 0 Å². The third-order valence-electron chi connectivity index (χ3n) is 4.63. The van der Waals surface area contributed by atoms with E-state index in [1.807, 2.05) is 0 Å². The van der Waals surface area contributed by atoms with E-state index in [0.29, 0.717) is 12.5 Å². The summed E-state index contributed by atoms with van der Waals surface area (Å²) < 4.78 is 8.41. The molecule has 2 aliphatic rings. The Morgan fingerprint density at radius 1 is 1.57 bits per heavy atom. The first-order valence-electron chi connectivity index (χ1n) is 7.57. The van der Waals surface area contributed by atoms with Crippen molar-refractivity contribution in [3.63, 3.8) is 0 Å². The van der Waals surface area contributed by atoms with Gasteiger partial charge in [-0.25, -0.2) is 9.48 Å². The molecule has 7 heteroatoms. The number of hydrogen-bond donors (Lipinski definition) is 1. The van der Waals surface area contributed by atoms with Crippen molar-refractivity contribution >= 4 is 5.91 Å². The van der Waals surface area contributed by atoms with Gasteiger partial charge in [-0.2, -0.15) is 5.10 Å². The maximum atomic E-state index is 11.9. The molecule has 1 aliphatic carbocycles. The number of nitrogens with one attached hydrogen (secondary N) is 1. The fourth-order valence-corrected chi connectivity index (χ4v) is 3.20. The first-order valence-corrected chi connectivity index (χ1v) is 7.57. The molecule has 1 aromatic rings. The van der Waals surface area contributed by atoms with Crippen molar-refractivity contribution in [2.24, 2.45) is 13.0 Å². The van der Waals surface area contributed by atoms with Crippen molar-refractivity contribution in [3.8, 4) is 0 Å². The first-order chi connectivity index (χ1) is 10.1. The number of aromatic nitrogens is 3. The number of carbonyl (C=O) groups excluding carboxylic acids is 1. The standard InChI is InChI=1S/C14H22N4O3/c1-17-10-16-18(13(17)20)9-12(19)15-8-11-3-6-21-14(7-11)4-2-5-14/h10-11H,2-9H2,1H3,(H,15,19). The maximum Gasteiger partial charge on any atom is 0.345 e. The van der Waals surface area contributed by atoms with E-state index >= 15 is 0 Å². The van der Waals surface area contributed by atoms with Gasteiger partial charge in [0.2, 0.25) is 5.91 Å². The zero-order chi connectivity index (χ0) is 14.9. The summed E-state index contributed by atoms with van der Waals surface area (Å²) in [7, 11) is 1.61. The lowest BCUT2D eigenvalue weighted by Gasteiger charge is -2.47. The highest BCUT2D eigenvalue weighted by Crippen LogP contribution is 2.43. The van der Waals surface area contributed by atoms with Gasteiger partial charge in [0.15, 0.2) is 0 Å². The average molecular weight is 294 g/mol. The Morgan fingerprint density at radius 3 is 3.00 bits per heavy atom. The van der Waals surface area contributed by atoms with Crippen molar-refractivity contribution in [1.82, 2.24) is 19.7 Å². The van der Waals surface area contributed by atoms with Crippen LogP contribution in [0, 0.1) is 5.92 Å². The minimum absolute atomic E-state index is 0.0198. The van der Waals surface area contributed by atoms with Crippen molar-refractivity contribution in [2.45, 2.75) is 44.2 Å². The molecule has 1 aromatic heterocycles. The van der Waals surface area contributed by atoms with Crippen LogP contribution in [0.3, 0.4) is 0 Å². The van der Waals surface area contributed by atoms with Crippen molar-refractivity contribution in [2.75, 3.05) is 13.2 Å². The number of amides is 1. The molecule has 1 atom stereocenters. The minimum atomic E-state index is -0.273. The van der Waals surface area contributed by atoms with Crippen LogP contribution >= 0.6 is 0 Å². The van der Waals surface area contributed by atoms with Gasteiger partial charge in [-0.05, 0) is 38.0 Å². The highest BCUT2D eigenvalue weighted by molar-refractivity contribution is 5.75. The topological polar surface area (TPSA) is 78.2 Å². The van der Waals surface area contributed by atoms with Crippen LogP contribution in [0.4, 0.5) is 0 Å². The second-order valence-electron chi connectivity index (χ2n) is 6.23. The smallest absolute Gasteiger partial charge is 0.345 e. The summed E-state index contributed by atoms with van der Waals surface area (Å²) in [6.45, 7) is 1.43. The van der Waals surface area contributed by atoms with Crippen LogP contribution in [0.5, 0.6) is 0 Å². The Hall–Kier alpha value is -1.63. The van der Waals surface area contributed by atoms with Gasteiger partial charge < -0.3 is 10.1 Å². The molecule has 1 aliphatic heterocycles. The summed E-state index contributed by atoms with van der Waals surface area (Å²) in [6.07, 6.45) is 7.00. The number of hydrogen-bond acceptors (Lipinski definition) is 4.